The van der Waals surface area contributed by atoms with E-state index < -0.39 is 11.2 Å². The third-order valence-electron chi connectivity index (χ3n) is 7.01. The van der Waals surface area contributed by atoms with E-state index in [0.717, 1.165) is 19.6 Å². The Hall–Kier alpha value is -1.26. The van der Waals surface area contributed by atoms with Crippen molar-refractivity contribution in [3.63, 3.8) is 0 Å². The normalized spacial score (nSPS) is 29.3. The summed E-state index contributed by atoms with van der Waals surface area (Å²) in [6.07, 6.45) is 4.81. The number of likely N-dealkylation sites (tertiary alicyclic amines) is 1. The van der Waals surface area contributed by atoms with Gasteiger partial charge in [-0.3, -0.25) is 9.59 Å². The van der Waals surface area contributed by atoms with Gasteiger partial charge in [-0.05, 0) is 25.9 Å². The first-order chi connectivity index (χ1) is 15.0. The van der Waals surface area contributed by atoms with Crippen molar-refractivity contribution in [2.45, 2.75) is 43.3 Å². The Morgan fingerprint density at radius 2 is 1.45 bits per heavy atom. The first-order valence-corrected chi connectivity index (χ1v) is 11.5. The number of likely N-dealkylation sites (N-methyl/N-ethyl adjacent to an activating group) is 1. The number of nitrogens with zero attached hydrogens (tertiary/aromatic N) is 3. The molecule has 3 fully saturated rings. The molecule has 0 aromatic rings. The van der Waals surface area contributed by atoms with Gasteiger partial charge in [-0.2, -0.15) is 0 Å². The van der Waals surface area contributed by atoms with Gasteiger partial charge < -0.3 is 33.6 Å². The lowest BCUT2D eigenvalue weighted by molar-refractivity contribution is -0.158. The molecule has 0 spiro atoms. The van der Waals surface area contributed by atoms with Crippen LogP contribution in [0.1, 0.15) is 32.1 Å². The number of hydrogen-bond donors (Lipinski definition) is 0. The molecular formula is C22H39N3O6. The van der Waals surface area contributed by atoms with Gasteiger partial charge in [-0.15, -0.1) is 0 Å². The van der Waals surface area contributed by atoms with Gasteiger partial charge in [0.05, 0.1) is 26.4 Å². The van der Waals surface area contributed by atoms with E-state index in [-0.39, 0.29) is 25.0 Å². The predicted molar refractivity (Wildman–Crippen MR) is 115 cm³/mol. The average molecular weight is 442 g/mol. The average Bonchev–Trinajstić information content (AvgIpc) is 3.49. The molecule has 3 aliphatic heterocycles. The van der Waals surface area contributed by atoms with Gasteiger partial charge in [-0.25, -0.2) is 0 Å². The summed E-state index contributed by atoms with van der Waals surface area (Å²) in [6.45, 7) is 6.07. The summed E-state index contributed by atoms with van der Waals surface area (Å²) in [5, 5.41) is 0. The van der Waals surface area contributed by atoms with E-state index in [4.69, 9.17) is 18.9 Å². The summed E-state index contributed by atoms with van der Waals surface area (Å²) in [4.78, 5) is 32.4. The topological polar surface area (TPSA) is 80.8 Å². The van der Waals surface area contributed by atoms with Gasteiger partial charge in [0.2, 0.25) is 0 Å². The Morgan fingerprint density at radius 3 is 1.97 bits per heavy atom. The van der Waals surface area contributed by atoms with Gasteiger partial charge >= 0.3 is 0 Å². The lowest BCUT2D eigenvalue weighted by atomic mass is 10.0. The molecule has 2 amide bonds. The summed E-state index contributed by atoms with van der Waals surface area (Å²) < 4.78 is 22.1. The molecule has 0 bridgehead atoms. The van der Waals surface area contributed by atoms with Crippen LogP contribution in [0.3, 0.4) is 0 Å². The van der Waals surface area contributed by atoms with Crippen LogP contribution in [0.25, 0.3) is 0 Å². The largest absolute Gasteiger partial charge is 0.378 e. The Morgan fingerprint density at radius 1 is 0.871 bits per heavy atom. The number of amides is 2. The van der Waals surface area contributed by atoms with Gasteiger partial charge in [0, 0.05) is 60.3 Å². The van der Waals surface area contributed by atoms with Crippen molar-refractivity contribution < 1.29 is 28.5 Å². The number of carbonyl (C=O) groups excluding carboxylic acids is 2. The first-order valence-electron chi connectivity index (χ1n) is 11.5. The Kier molecular flexibility index (Phi) is 8.69. The molecule has 0 aromatic heterocycles. The molecule has 178 valence electrons. The van der Waals surface area contributed by atoms with Crippen molar-refractivity contribution in [1.29, 1.82) is 0 Å². The molecule has 0 aliphatic carbocycles. The SMILES string of the molecule is CO[C@@]1(C(=O)N(C)CCN(CCN2CCCCC2)C(=O)[C@]2(OC)CCOC2)CCOC1. The van der Waals surface area contributed by atoms with E-state index >= 15 is 0 Å². The van der Waals surface area contributed by atoms with Crippen LogP contribution in [-0.4, -0.2) is 125 Å². The molecule has 0 N–H and O–H groups in total. The number of carbonyl (C=O) groups is 2. The Bertz CT molecular complexity index is 598. The minimum atomic E-state index is -0.919. The van der Waals surface area contributed by atoms with Crippen molar-refractivity contribution in [3.05, 3.63) is 0 Å². The highest BCUT2D eigenvalue weighted by molar-refractivity contribution is 5.87. The van der Waals surface area contributed by atoms with Crippen molar-refractivity contribution in [3.8, 4) is 0 Å². The highest BCUT2D eigenvalue weighted by Crippen LogP contribution is 2.26. The molecule has 0 unspecified atom stereocenters. The fourth-order valence-electron chi connectivity index (χ4n) is 4.69. The standard InChI is InChI=1S/C22H39N3O6/c1-23(19(26)21(28-2)7-15-30-17-21)11-13-25(14-12-24-9-5-4-6-10-24)20(27)22(29-3)8-16-31-18-22/h4-18H2,1-3H3/t21-,22-/m0/s1. The van der Waals surface area contributed by atoms with Gasteiger partial charge in [-0.1, -0.05) is 6.42 Å². The summed E-state index contributed by atoms with van der Waals surface area (Å²) in [6, 6.07) is 0. The second-order valence-corrected chi connectivity index (χ2v) is 8.92. The second-order valence-electron chi connectivity index (χ2n) is 8.92. The molecule has 9 nitrogen and oxygen atoms in total. The third kappa shape index (κ3) is 5.57. The number of piperidine rings is 1. The van der Waals surface area contributed by atoms with E-state index in [9.17, 15) is 9.59 Å². The summed E-state index contributed by atoms with van der Waals surface area (Å²) >= 11 is 0. The van der Waals surface area contributed by atoms with Crippen LogP contribution in [-0.2, 0) is 28.5 Å². The lowest BCUT2D eigenvalue weighted by Crippen LogP contribution is -2.55. The van der Waals surface area contributed by atoms with Crippen LogP contribution in [0.2, 0.25) is 0 Å². The smallest absolute Gasteiger partial charge is 0.257 e. The second kappa shape index (κ2) is 11.0. The molecule has 3 aliphatic rings. The molecule has 3 rings (SSSR count). The molecule has 0 aromatic carbocycles. The zero-order chi connectivity index (χ0) is 22.3. The van der Waals surface area contributed by atoms with Crippen molar-refractivity contribution in [2.24, 2.45) is 0 Å². The van der Waals surface area contributed by atoms with E-state index in [1.165, 1.54) is 19.3 Å². The number of methoxy groups -OCH3 is 2. The van der Waals surface area contributed by atoms with E-state index in [2.05, 4.69) is 4.90 Å². The lowest BCUT2D eigenvalue weighted by Gasteiger charge is -2.36. The van der Waals surface area contributed by atoms with Gasteiger partial charge in [0.25, 0.3) is 11.8 Å². The van der Waals surface area contributed by atoms with Crippen LogP contribution in [0.4, 0.5) is 0 Å². The van der Waals surface area contributed by atoms with Crippen LogP contribution >= 0.6 is 0 Å². The maximum absolute atomic E-state index is 13.5. The molecule has 3 heterocycles. The van der Waals surface area contributed by atoms with Crippen LogP contribution in [0.5, 0.6) is 0 Å². The fraction of sp³-hybridized carbons (Fsp3) is 0.909. The number of hydrogen-bond acceptors (Lipinski definition) is 7. The summed E-state index contributed by atoms with van der Waals surface area (Å²) in [5.41, 5.74) is -1.83. The molecule has 31 heavy (non-hydrogen) atoms. The van der Waals surface area contributed by atoms with Crippen LogP contribution in [0.15, 0.2) is 0 Å². The fourth-order valence-corrected chi connectivity index (χ4v) is 4.69. The van der Waals surface area contributed by atoms with E-state index in [1.54, 1.807) is 26.2 Å². The maximum atomic E-state index is 13.5. The van der Waals surface area contributed by atoms with E-state index in [0.29, 0.717) is 45.7 Å². The van der Waals surface area contributed by atoms with Crippen molar-refractivity contribution in [1.82, 2.24) is 14.7 Å². The third-order valence-corrected chi connectivity index (χ3v) is 7.01. The summed E-state index contributed by atoms with van der Waals surface area (Å²) in [7, 11) is 4.89. The zero-order valence-electron chi connectivity index (χ0n) is 19.4. The molecule has 0 saturated carbocycles. The van der Waals surface area contributed by atoms with Crippen LogP contribution < -0.4 is 0 Å². The molecule has 0 radical (unpaired) electrons. The monoisotopic (exact) mass is 441 g/mol. The van der Waals surface area contributed by atoms with Crippen molar-refractivity contribution in [2.75, 3.05) is 87.0 Å². The minimum Gasteiger partial charge on any atom is -0.378 e. The maximum Gasteiger partial charge on any atom is 0.257 e. The van der Waals surface area contributed by atoms with E-state index in [1.807, 2.05) is 4.90 Å². The van der Waals surface area contributed by atoms with Gasteiger partial charge in [0.15, 0.2) is 11.2 Å². The Balaban J connectivity index is 1.63. The number of ether oxygens (including phenoxy) is 4. The van der Waals surface area contributed by atoms with Crippen LogP contribution in [0, 0.1) is 0 Å². The quantitative estimate of drug-likeness (QED) is 0.485. The minimum absolute atomic E-state index is 0.0454. The molecule has 9 heteroatoms. The Labute approximate surface area is 185 Å². The predicted octanol–water partition coefficient (Wildman–Crippen LogP) is 0.370. The molecule has 3 saturated heterocycles. The van der Waals surface area contributed by atoms with Crippen molar-refractivity contribution >= 4 is 11.8 Å². The number of rotatable bonds is 10. The summed E-state index contributed by atoms with van der Waals surface area (Å²) in [5.74, 6) is -0.141. The highest BCUT2D eigenvalue weighted by Gasteiger charge is 2.46. The first kappa shape index (κ1) is 24.4. The molecular weight excluding hydrogens is 402 g/mol. The highest BCUT2D eigenvalue weighted by atomic mass is 16.6. The van der Waals surface area contributed by atoms with Gasteiger partial charge in [0.1, 0.15) is 0 Å². The zero-order valence-corrected chi connectivity index (χ0v) is 19.4. The molecule has 2 atom stereocenters.